The molecule has 1 N–H and O–H groups in total. The molecule has 204 valence electrons. The minimum atomic E-state index is -4.45. The van der Waals surface area contributed by atoms with Gasteiger partial charge in [0.2, 0.25) is 11.7 Å². The lowest BCUT2D eigenvalue weighted by Gasteiger charge is -2.09. The van der Waals surface area contributed by atoms with Crippen molar-refractivity contribution in [3.63, 3.8) is 0 Å². The molecule has 4 rings (SSSR count). The molecule has 0 fully saturated rings. The SMILES string of the molecule is Cc1c(Cl)c(NCCc2ccc(Oc3ccc(C(F)(F)F)cn3)cc2)nc[n+]1CC(=O)c1ccc(Cl)cc1.[Br-]. The summed E-state index contributed by atoms with van der Waals surface area (Å²) >= 11 is 12.4. The number of aromatic nitrogens is 3. The second-order valence-electron chi connectivity index (χ2n) is 8.36. The third kappa shape index (κ3) is 8.14. The highest BCUT2D eigenvalue weighted by molar-refractivity contribution is 6.33. The fraction of sp³-hybridized carbons (Fsp3) is 0.185. The van der Waals surface area contributed by atoms with E-state index in [9.17, 15) is 18.0 Å². The monoisotopic (exact) mass is 640 g/mol. The fourth-order valence-corrected chi connectivity index (χ4v) is 3.86. The summed E-state index contributed by atoms with van der Waals surface area (Å²) in [6.07, 6.45) is -1.49. The maximum atomic E-state index is 12.7. The summed E-state index contributed by atoms with van der Waals surface area (Å²) in [6, 6.07) is 15.9. The Bertz CT molecular complexity index is 1420. The number of carbonyl (C=O) groups is 1. The van der Waals surface area contributed by atoms with Gasteiger partial charge >= 0.3 is 6.18 Å². The van der Waals surface area contributed by atoms with E-state index in [1.165, 1.54) is 6.07 Å². The first-order valence-corrected chi connectivity index (χ1v) is 12.2. The molecule has 39 heavy (non-hydrogen) atoms. The quantitative estimate of drug-likeness (QED) is 0.223. The van der Waals surface area contributed by atoms with E-state index in [-0.39, 0.29) is 35.2 Å². The van der Waals surface area contributed by atoms with Crippen LogP contribution in [-0.4, -0.2) is 22.3 Å². The molecule has 0 aliphatic rings. The minimum absolute atomic E-state index is 0. The van der Waals surface area contributed by atoms with Gasteiger partial charge in [-0.2, -0.15) is 13.2 Å². The number of benzene rings is 2. The highest BCUT2D eigenvalue weighted by atomic mass is 79.9. The molecule has 0 radical (unpaired) electrons. The number of carbonyl (C=O) groups excluding carboxylic acids is 1. The molecule has 0 bridgehead atoms. The lowest BCUT2D eigenvalue weighted by molar-refractivity contribution is -0.691. The highest BCUT2D eigenvalue weighted by Crippen LogP contribution is 2.30. The molecule has 0 atom stereocenters. The Kier molecular flexibility index (Phi) is 10.3. The van der Waals surface area contributed by atoms with Gasteiger partial charge in [-0.05, 0) is 66.4 Å². The van der Waals surface area contributed by atoms with E-state index in [4.69, 9.17) is 27.9 Å². The number of rotatable bonds is 9. The van der Waals surface area contributed by atoms with E-state index in [2.05, 4.69) is 15.3 Å². The maximum absolute atomic E-state index is 12.7. The van der Waals surface area contributed by atoms with Crippen LogP contribution in [0.25, 0.3) is 0 Å². The predicted molar refractivity (Wildman–Crippen MR) is 138 cm³/mol. The Morgan fingerprint density at radius 2 is 1.69 bits per heavy atom. The van der Waals surface area contributed by atoms with Crippen molar-refractivity contribution in [3.05, 3.63) is 106 Å². The molecule has 12 heteroatoms. The molecule has 0 spiro atoms. The fourth-order valence-electron chi connectivity index (χ4n) is 3.51. The van der Waals surface area contributed by atoms with E-state index in [1.807, 2.05) is 19.1 Å². The number of nitrogens with one attached hydrogen (secondary N) is 1. The summed E-state index contributed by atoms with van der Waals surface area (Å²) in [4.78, 5) is 20.6. The van der Waals surface area contributed by atoms with Crippen molar-refractivity contribution in [2.24, 2.45) is 0 Å². The van der Waals surface area contributed by atoms with Crippen molar-refractivity contribution in [1.82, 2.24) is 9.97 Å². The number of pyridine rings is 1. The van der Waals surface area contributed by atoms with Crippen LogP contribution in [0.3, 0.4) is 0 Å². The predicted octanol–water partition coefficient (Wildman–Crippen LogP) is 3.73. The van der Waals surface area contributed by atoms with Gasteiger partial charge in [0.15, 0.2) is 11.6 Å². The number of nitrogens with zero attached hydrogens (tertiary/aromatic N) is 3. The standard InChI is InChI=1S/C27H21Cl2F3N4O2.BrH/c1-17-25(29)26(35-16-36(17)15-23(37)19-4-7-21(28)8-5-19)33-13-12-18-2-9-22(10-3-18)38-24-11-6-20(14-34-24)27(30,31)32;/h2-11,14,16H,12-13,15H2,1H3;1H. The zero-order valence-electron chi connectivity index (χ0n) is 20.5. The maximum Gasteiger partial charge on any atom is 0.417 e. The van der Waals surface area contributed by atoms with E-state index in [1.54, 1.807) is 47.3 Å². The van der Waals surface area contributed by atoms with Crippen molar-refractivity contribution in [1.29, 1.82) is 0 Å². The summed E-state index contributed by atoms with van der Waals surface area (Å²) in [7, 11) is 0. The summed E-state index contributed by atoms with van der Waals surface area (Å²) in [6.45, 7) is 2.45. The van der Waals surface area contributed by atoms with Gasteiger partial charge in [-0.25, -0.2) is 9.55 Å². The molecule has 0 aliphatic heterocycles. The number of hydrogen-bond acceptors (Lipinski definition) is 5. The molecule has 0 saturated heterocycles. The van der Waals surface area contributed by atoms with E-state index in [0.29, 0.717) is 45.8 Å². The average molecular weight is 642 g/mol. The minimum Gasteiger partial charge on any atom is -1.00 e. The number of ether oxygens (including phenoxy) is 1. The van der Waals surface area contributed by atoms with Crippen molar-refractivity contribution < 1.29 is 44.3 Å². The molecular weight excluding hydrogens is 620 g/mol. The molecule has 4 aromatic rings. The van der Waals surface area contributed by atoms with E-state index < -0.39 is 11.7 Å². The molecule has 2 aromatic heterocycles. The lowest BCUT2D eigenvalue weighted by Crippen LogP contribution is -3.00. The van der Waals surface area contributed by atoms with Crippen molar-refractivity contribution in [2.45, 2.75) is 26.1 Å². The zero-order chi connectivity index (χ0) is 27.3. The van der Waals surface area contributed by atoms with Gasteiger partial charge in [-0.1, -0.05) is 35.3 Å². The van der Waals surface area contributed by atoms with Crippen LogP contribution < -0.4 is 31.6 Å². The molecule has 2 heterocycles. The van der Waals surface area contributed by atoms with Gasteiger partial charge in [0.05, 0.1) is 5.56 Å². The number of Topliss-reactive ketones (excluding diaryl/α,β-unsaturated/α-hetero) is 1. The summed E-state index contributed by atoms with van der Waals surface area (Å²) in [5, 5.41) is 4.18. The second-order valence-corrected chi connectivity index (χ2v) is 9.17. The number of halogens is 6. The molecule has 0 amide bonds. The smallest absolute Gasteiger partial charge is 0.417 e. The van der Waals surface area contributed by atoms with Gasteiger partial charge < -0.3 is 27.0 Å². The summed E-state index contributed by atoms with van der Waals surface area (Å²) < 4.78 is 45.2. The normalized spacial score (nSPS) is 11.0. The van der Waals surface area contributed by atoms with E-state index >= 15 is 0 Å². The average Bonchev–Trinajstić information content (AvgIpc) is 2.89. The number of ketones is 1. The van der Waals surface area contributed by atoms with Crippen LogP contribution in [0.1, 0.15) is 27.2 Å². The van der Waals surface area contributed by atoms with Crippen LogP contribution in [-0.2, 0) is 19.1 Å². The molecule has 6 nitrogen and oxygen atoms in total. The summed E-state index contributed by atoms with van der Waals surface area (Å²) in [5.74, 6) is 0.942. The van der Waals surface area contributed by atoms with Gasteiger partial charge in [-0.15, -0.1) is 0 Å². The summed E-state index contributed by atoms with van der Waals surface area (Å²) in [5.41, 5.74) is 1.41. The largest absolute Gasteiger partial charge is 1.00 e. The molecule has 0 unspecified atom stereocenters. The van der Waals surface area contributed by atoms with Gasteiger partial charge in [-0.3, -0.25) is 4.79 Å². The number of hydrogen-bond donors (Lipinski definition) is 1. The Hall–Kier alpha value is -3.21. The van der Waals surface area contributed by atoms with Crippen LogP contribution in [0, 0.1) is 6.92 Å². The van der Waals surface area contributed by atoms with Crippen molar-refractivity contribution in [3.8, 4) is 11.6 Å². The van der Waals surface area contributed by atoms with Crippen LogP contribution in [0.5, 0.6) is 11.6 Å². The molecular formula is C27H22BrCl2F3N4O2. The van der Waals surface area contributed by atoms with Crippen molar-refractivity contribution >= 4 is 34.8 Å². The third-order valence-electron chi connectivity index (χ3n) is 5.68. The zero-order valence-corrected chi connectivity index (χ0v) is 23.6. The second kappa shape index (κ2) is 13.2. The van der Waals surface area contributed by atoms with Gasteiger partial charge in [0, 0.05) is 29.4 Å². The van der Waals surface area contributed by atoms with Crippen LogP contribution in [0.2, 0.25) is 10.0 Å². The molecule has 2 aromatic carbocycles. The third-order valence-corrected chi connectivity index (χ3v) is 6.38. The Morgan fingerprint density at radius 3 is 2.31 bits per heavy atom. The first-order valence-electron chi connectivity index (χ1n) is 11.5. The first-order chi connectivity index (χ1) is 18.1. The Labute approximate surface area is 243 Å². The topological polar surface area (TPSA) is 68.0 Å². The highest BCUT2D eigenvalue weighted by Gasteiger charge is 2.30. The van der Waals surface area contributed by atoms with Gasteiger partial charge in [0.25, 0.3) is 12.1 Å². The van der Waals surface area contributed by atoms with Crippen LogP contribution in [0.15, 0.2) is 73.2 Å². The molecule has 0 aliphatic carbocycles. The Balaban J connectivity index is 0.00000420. The van der Waals surface area contributed by atoms with Gasteiger partial charge in [0.1, 0.15) is 11.4 Å². The first kappa shape index (κ1) is 30.3. The van der Waals surface area contributed by atoms with Crippen LogP contribution >= 0.6 is 23.2 Å². The van der Waals surface area contributed by atoms with Crippen molar-refractivity contribution in [2.75, 3.05) is 11.9 Å². The van der Waals surface area contributed by atoms with Crippen LogP contribution in [0.4, 0.5) is 19.0 Å². The molecule has 0 saturated carbocycles. The lowest BCUT2D eigenvalue weighted by atomic mass is 10.1. The number of alkyl halides is 3. The number of anilines is 1. The Morgan fingerprint density at radius 1 is 1.00 bits per heavy atom. The van der Waals surface area contributed by atoms with E-state index in [0.717, 1.165) is 17.8 Å².